The number of methoxy groups -OCH3 is 1. The molecule has 2 nitrogen and oxygen atoms in total. The van der Waals surface area contributed by atoms with Crippen LogP contribution in [0.25, 0.3) is 0 Å². The van der Waals surface area contributed by atoms with Crippen LogP contribution in [0.4, 0.5) is 0 Å². The van der Waals surface area contributed by atoms with Crippen molar-refractivity contribution in [3.05, 3.63) is 38.7 Å². The lowest BCUT2D eigenvalue weighted by molar-refractivity contribution is 0.407. The smallest absolute Gasteiger partial charge is 0.134 e. The van der Waals surface area contributed by atoms with E-state index in [0.717, 1.165) is 18.7 Å². The van der Waals surface area contributed by atoms with Gasteiger partial charge in [0.25, 0.3) is 0 Å². The Bertz CT molecular complexity index is 436. The average Bonchev–Trinajstić information content (AvgIpc) is 3.00. The largest absolute Gasteiger partial charge is 0.496 e. The van der Waals surface area contributed by atoms with Crippen molar-refractivity contribution in [2.45, 2.75) is 19.4 Å². The van der Waals surface area contributed by atoms with Crippen molar-refractivity contribution >= 4 is 22.7 Å². The van der Waals surface area contributed by atoms with Crippen molar-refractivity contribution in [1.29, 1.82) is 0 Å². The first-order chi connectivity index (χ1) is 8.36. The molecule has 2 rings (SSSR count). The zero-order chi connectivity index (χ0) is 12.1. The summed E-state index contributed by atoms with van der Waals surface area (Å²) < 4.78 is 5.42. The SMILES string of the molecule is CCCNC(c1cccs1)c1sccc1OC. The fourth-order valence-electron chi connectivity index (χ4n) is 1.75. The van der Waals surface area contributed by atoms with Crippen LogP contribution in [0.1, 0.15) is 29.1 Å². The summed E-state index contributed by atoms with van der Waals surface area (Å²) in [6.45, 7) is 3.20. The number of thiophene rings is 2. The summed E-state index contributed by atoms with van der Waals surface area (Å²) in [6.07, 6.45) is 1.13. The molecule has 0 aliphatic rings. The molecule has 0 bridgehead atoms. The first-order valence-electron chi connectivity index (χ1n) is 5.75. The summed E-state index contributed by atoms with van der Waals surface area (Å²) in [5, 5.41) is 7.80. The minimum absolute atomic E-state index is 0.268. The molecule has 0 aliphatic carbocycles. The molecule has 92 valence electrons. The minimum atomic E-state index is 0.268. The maximum absolute atomic E-state index is 5.42. The molecule has 2 heterocycles. The molecule has 0 saturated carbocycles. The summed E-state index contributed by atoms with van der Waals surface area (Å²) in [6, 6.07) is 6.58. The molecule has 1 N–H and O–H groups in total. The van der Waals surface area contributed by atoms with Gasteiger partial charge in [-0.25, -0.2) is 0 Å². The van der Waals surface area contributed by atoms with Crippen LogP contribution in [-0.4, -0.2) is 13.7 Å². The second kappa shape index (κ2) is 6.19. The third-order valence-corrected chi connectivity index (χ3v) is 4.47. The predicted molar refractivity (Wildman–Crippen MR) is 75.3 cm³/mol. The Morgan fingerprint density at radius 3 is 2.82 bits per heavy atom. The lowest BCUT2D eigenvalue weighted by Crippen LogP contribution is -2.21. The molecular formula is C13H17NOS2. The van der Waals surface area contributed by atoms with E-state index in [-0.39, 0.29) is 6.04 Å². The zero-order valence-electron chi connectivity index (χ0n) is 10.1. The van der Waals surface area contributed by atoms with E-state index in [0.29, 0.717) is 0 Å². The van der Waals surface area contributed by atoms with E-state index in [1.54, 1.807) is 29.8 Å². The molecule has 1 atom stereocenters. The maximum atomic E-state index is 5.42. The van der Waals surface area contributed by atoms with Gasteiger partial charge in [0.05, 0.1) is 18.0 Å². The van der Waals surface area contributed by atoms with E-state index in [4.69, 9.17) is 4.74 Å². The van der Waals surface area contributed by atoms with Gasteiger partial charge in [-0.15, -0.1) is 22.7 Å². The van der Waals surface area contributed by atoms with E-state index in [1.165, 1.54) is 9.75 Å². The van der Waals surface area contributed by atoms with E-state index >= 15 is 0 Å². The standard InChI is InChI=1S/C13H17NOS2/c1-3-7-14-12(11-5-4-8-16-11)13-10(15-2)6-9-17-13/h4-6,8-9,12,14H,3,7H2,1-2H3. The molecule has 2 aromatic heterocycles. The maximum Gasteiger partial charge on any atom is 0.134 e. The Morgan fingerprint density at radius 1 is 1.29 bits per heavy atom. The van der Waals surface area contributed by atoms with Gasteiger partial charge in [-0.05, 0) is 35.9 Å². The van der Waals surface area contributed by atoms with Gasteiger partial charge in [0.15, 0.2) is 0 Å². The van der Waals surface area contributed by atoms with E-state index < -0.39 is 0 Å². The monoisotopic (exact) mass is 267 g/mol. The van der Waals surface area contributed by atoms with Crippen molar-refractivity contribution in [3.8, 4) is 5.75 Å². The van der Waals surface area contributed by atoms with Crippen LogP contribution < -0.4 is 10.1 Å². The van der Waals surface area contributed by atoms with Crippen LogP contribution >= 0.6 is 22.7 Å². The number of hydrogen-bond donors (Lipinski definition) is 1. The molecule has 0 spiro atoms. The fraction of sp³-hybridized carbons (Fsp3) is 0.385. The molecule has 2 aromatic rings. The molecule has 0 amide bonds. The quantitative estimate of drug-likeness (QED) is 0.857. The Hall–Kier alpha value is -0.840. The van der Waals surface area contributed by atoms with Crippen LogP contribution in [0.2, 0.25) is 0 Å². The molecule has 1 unspecified atom stereocenters. The minimum Gasteiger partial charge on any atom is -0.496 e. The van der Waals surface area contributed by atoms with Crippen LogP contribution in [-0.2, 0) is 0 Å². The summed E-state index contributed by atoms with van der Waals surface area (Å²) in [4.78, 5) is 2.61. The average molecular weight is 267 g/mol. The molecule has 17 heavy (non-hydrogen) atoms. The van der Waals surface area contributed by atoms with Crippen LogP contribution in [0, 0.1) is 0 Å². The number of rotatable bonds is 6. The Labute approximate surface area is 110 Å². The zero-order valence-corrected chi connectivity index (χ0v) is 11.7. The third kappa shape index (κ3) is 2.89. The normalized spacial score (nSPS) is 12.6. The third-order valence-electron chi connectivity index (χ3n) is 2.57. The van der Waals surface area contributed by atoms with E-state index in [2.05, 4.69) is 35.1 Å². The van der Waals surface area contributed by atoms with Crippen LogP contribution in [0.3, 0.4) is 0 Å². The number of hydrogen-bond acceptors (Lipinski definition) is 4. The van der Waals surface area contributed by atoms with Gasteiger partial charge in [0.2, 0.25) is 0 Å². The topological polar surface area (TPSA) is 21.3 Å². The second-order valence-electron chi connectivity index (χ2n) is 3.76. The Kier molecular flexibility index (Phi) is 4.59. The second-order valence-corrected chi connectivity index (χ2v) is 5.68. The van der Waals surface area contributed by atoms with Gasteiger partial charge in [-0.3, -0.25) is 0 Å². The highest BCUT2D eigenvalue weighted by molar-refractivity contribution is 7.11. The first-order valence-corrected chi connectivity index (χ1v) is 7.51. The van der Waals surface area contributed by atoms with Gasteiger partial charge >= 0.3 is 0 Å². The molecule has 4 heteroatoms. The van der Waals surface area contributed by atoms with Crippen molar-refractivity contribution in [2.24, 2.45) is 0 Å². The van der Waals surface area contributed by atoms with Gasteiger partial charge in [-0.2, -0.15) is 0 Å². The summed E-state index contributed by atoms with van der Waals surface area (Å²) in [7, 11) is 1.73. The van der Waals surface area contributed by atoms with Gasteiger partial charge in [0, 0.05) is 4.88 Å². The molecule has 0 saturated heterocycles. The lowest BCUT2D eigenvalue weighted by Gasteiger charge is -2.17. The molecule has 0 aromatic carbocycles. The van der Waals surface area contributed by atoms with Gasteiger partial charge in [-0.1, -0.05) is 13.0 Å². The Morgan fingerprint density at radius 2 is 2.18 bits per heavy atom. The molecular weight excluding hydrogens is 250 g/mol. The predicted octanol–water partition coefficient (Wildman–Crippen LogP) is 3.91. The summed E-state index contributed by atoms with van der Waals surface area (Å²) in [5.41, 5.74) is 0. The highest BCUT2D eigenvalue weighted by Gasteiger charge is 2.19. The highest BCUT2D eigenvalue weighted by atomic mass is 32.1. The highest BCUT2D eigenvalue weighted by Crippen LogP contribution is 2.36. The number of nitrogens with one attached hydrogen (secondary N) is 1. The van der Waals surface area contributed by atoms with Crippen molar-refractivity contribution in [2.75, 3.05) is 13.7 Å². The van der Waals surface area contributed by atoms with E-state index in [9.17, 15) is 0 Å². The summed E-state index contributed by atoms with van der Waals surface area (Å²) in [5.74, 6) is 0.983. The lowest BCUT2D eigenvalue weighted by atomic mass is 10.2. The van der Waals surface area contributed by atoms with Gasteiger partial charge < -0.3 is 10.1 Å². The van der Waals surface area contributed by atoms with Crippen LogP contribution in [0.15, 0.2) is 29.0 Å². The van der Waals surface area contributed by atoms with Crippen molar-refractivity contribution in [3.63, 3.8) is 0 Å². The van der Waals surface area contributed by atoms with Crippen molar-refractivity contribution in [1.82, 2.24) is 5.32 Å². The van der Waals surface area contributed by atoms with Gasteiger partial charge in [0.1, 0.15) is 5.75 Å². The number of ether oxygens (including phenoxy) is 1. The summed E-state index contributed by atoms with van der Waals surface area (Å²) >= 11 is 3.54. The fourth-order valence-corrected chi connectivity index (χ4v) is 3.59. The molecule has 0 fully saturated rings. The Balaban J connectivity index is 2.27. The van der Waals surface area contributed by atoms with Crippen molar-refractivity contribution < 1.29 is 4.74 Å². The van der Waals surface area contributed by atoms with Crippen LogP contribution in [0.5, 0.6) is 5.75 Å². The van der Waals surface area contributed by atoms with E-state index in [1.807, 2.05) is 6.07 Å². The molecule has 0 aliphatic heterocycles. The molecule has 0 radical (unpaired) electrons. The first kappa shape index (κ1) is 12.6.